The summed E-state index contributed by atoms with van der Waals surface area (Å²) >= 11 is 2.02. The third-order valence-electron chi connectivity index (χ3n) is 2.14. The van der Waals surface area contributed by atoms with E-state index in [0.29, 0.717) is 6.04 Å². The van der Waals surface area contributed by atoms with Crippen molar-refractivity contribution in [3.63, 3.8) is 0 Å². The van der Waals surface area contributed by atoms with Crippen LogP contribution in [0.25, 0.3) is 0 Å². The van der Waals surface area contributed by atoms with Crippen molar-refractivity contribution < 1.29 is 0 Å². The second-order valence-electron chi connectivity index (χ2n) is 2.96. The standard InChI is InChI=1S/C7H13N3S/c8-10-2-1-9-3-4-11-6-7(9)5-10/h1-2,7H,3-6,8H2/t7-/m1/s1. The van der Waals surface area contributed by atoms with Crippen molar-refractivity contribution in [2.45, 2.75) is 6.04 Å². The highest BCUT2D eigenvalue weighted by Crippen LogP contribution is 2.19. The topological polar surface area (TPSA) is 32.5 Å². The lowest BCUT2D eigenvalue weighted by Gasteiger charge is -2.39. The molecule has 2 N–H and O–H groups in total. The minimum Gasteiger partial charge on any atom is -0.370 e. The minimum absolute atomic E-state index is 0.642. The first-order valence-corrected chi connectivity index (χ1v) is 5.05. The molecule has 2 heterocycles. The Hall–Kier alpha value is -0.350. The van der Waals surface area contributed by atoms with Gasteiger partial charge in [-0.3, -0.25) is 0 Å². The highest BCUT2D eigenvalue weighted by Gasteiger charge is 2.23. The van der Waals surface area contributed by atoms with Crippen LogP contribution in [0.2, 0.25) is 0 Å². The predicted molar refractivity (Wildman–Crippen MR) is 47.9 cm³/mol. The third kappa shape index (κ3) is 1.46. The van der Waals surface area contributed by atoms with Crippen LogP contribution in [0, 0.1) is 0 Å². The van der Waals surface area contributed by atoms with E-state index in [0.717, 1.165) is 6.54 Å². The van der Waals surface area contributed by atoms with E-state index < -0.39 is 0 Å². The van der Waals surface area contributed by atoms with Gasteiger partial charge in [-0.05, 0) is 0 Å². The lowest BCUT2D eigenvalue weighted by Crippen LogP contribution is -2.50. The molecule has 2 rings (SSSR count). The van der Waals surface area contributed by atoms with Crippen molar-refractivity contribution >= 4 is 11.8 Å². The molecule has 0 amide bonds. The summed E-state index contributed by atoms with van der Waals surface area (Å²) in [6.45, 7) is 2.16. The predicted octanol–water partition coefficient (Wildman–Crippen LogP) is 0.0643. The SMILES string of the molecule is NN1C=CN2CCSC[C@H]2C1. The van der Waals surface area contributed by atoms with E-state index in [4.69, 9.17) is 5.84 Å². The Kier molecular flexibility index (Phi) is 1.96. The molecule has 62 valence electrons. The second kappa shape index (κ2) is 2.95. The number of thioether (sulfide) groups is 1. The fourth-order valence-electron chi connectivity index (χ4n) is 1.50. The molecule has 0 saturated carbocycles. The Bertz CT molecular complexity index is 171. The number of rotatable bonds is 0. The molecule has 0 bridgehead atoms. The van der Waals surface area contributed by atoms with Crippen LogP contribution >= 0.6 is 11.8 Å². The van der Waals surface area contributed by atoms with Gasteiger partial charge in [0.1, 0.15) is 0 Å². The molecule has 11 heavy (non-hydrogen) atoms. The van der Waals surface area contributed by atoms with Crippen LogP contribution in [0.4, 0.5) is 0 Å². The Morgan fingerprint density at radius 2 is 2.36 bits per heavy atom. The molecule has 0 aromatic rings. The number of hydrazine groups is 1. The van der Waals surface area contributed by atoms with Gasteiger partial charge >= 0.3 is 0 Å². The summed E-state index contributed by atoms with van der Waals surface area (Å²) in [6, 6.07) is 0.642. The Labute approximate surface area is 71.2 Å². The van der Waals surface area contributed by atoms with Crippen LogP contribution in [0.5, 0.6) is 0 Å². The minimum atomic E-state index is 0.642. The van der Waals surface area contributed by atoms with Gasteiger partial charge in [0.25, 0.3) is 0 Å². The maximum Gasteiger partial charge on any atom is 0.0566 e. The first-order valence-electron chi connectivity index (χ1n) is 3.89. The number of nitrogens with zero attached hydrogens (tertiary/aromatic N) is 2. The van der Waals surface area contributed by atoms with Gasteiger partial charge in [0.15, 0.2) is 0 Å². The normalized spacial score (nSPS) is 30.5. The lowest BCUT2D eigenvalue weighted by molar-refractivity contribution is 0.205. The zero-order chi connectivity index (χ0) is 7.68. The third-order valence-corrected chi connectivity index (χ3v) is 3.24. The maximum absolute atomic E-state index is 5.65. The van der Waals surface area contributed by atoms with E-state index in [1.807, 2.05) is 18.0 Å². The van der Waals surface area contributed by atoms with Gasteiger partial charge in [0.2, 0.25) is 0 Å². The van der Waals surface area contributed by atoms with Gasteiger partial charge in [0.05, 0.1) is 12.6 Å². The highest BCUT2D eigenvalue weighted by molar-refractivity contribution is 7.99. The van der Waals surface area contributed by atoms with Crippen molar-refractivity contribution in [2.75, 3.05) is 24.6 Å². The van der Waals surface area contributed by atoms with Crippen molar-refractivity contribution in [3.8, 4) is 0 Å². The molecule has 1 atom stereocenters. The molecule has 4 heteroatoms. The van der Waals surface area contributed by atoms with E-state index in [9.17, 15) is 0 Å². The first-order chi connectivity index (χ1) is 5.36. The second-order valence-corrected chi connectivity index (χ2v) is 4.11. The molecule has 2 aliphatic heterocycles. The molecule has 0 radical (unpaired) electrons. The number of nitrogens with two attached hydrogens (primary N) is 1. The summed E-state index contributed by atoms with van der Waals surface area (Å²) in [7, 11) is 0. The Balaban J connectivity index is 2.05. The summed E-state index contributed by atoms with van der Waals surface area (Å²) in [4.78, 5) is 2.39. The molecule has 0 unspecified atom stereocenters. The first kappa shape index (κ1) is 7.31. The summed E-state index contributed by atoms with van der Waals surface area (Å²) in [6.07, 6.45) is 4.06. The van der Waals surface area contributed by atoms with Crippen molar-refractivity contribution in [1.29, 1.82) is 0 Å². The van der Waals surface area contributed by atoms with Crippen molar-refractivity contribution in [2.24, 2.45) is 5.84 Å². The van der Waals surface area contributed by atoms with E-state index in [1.165, 1.54) is 18.1 Å². The monoisotopic (exact) mass is 171 g/mol. The summed E-state index contributed by atoms with van der Waals surface area (Å²) in [5.74, 6) is 8.13. The van der Waals surface area contributed by atoms with Gasteiger partial charge in [-0.1, -0.05) is 0 Å². The van der Waals surface area contributed by atoms with Crippen LogP contribution < -0.4 is 5.84 Å². The highest BCUT2D eigenvalue weighted by atomic mass is 32.2. The smallest absolute Gasteiger partial charge is 0.0566 e. The van der Waals surface area contributed by atoms with Crippen LogP contribution in [0.1, 0.15) is 0 Å². The number of hydrogen-bond donors (Lipinski definition) is 1. The fraction of sp³-hybridized carbons (Fsp3) is 0.714. The molecular weight excluding hydrogens is 158 g/mol. The average molecular weight is 171 g/mol. The molecule has 3 nitrogen and oxygen atoms in total. The molecule has 1 saturated heterocycles. The molecule has 0 aromatic carbocycles. The van der Waals surface area contributed by atoms with Crippen LogP contribution in [-0.4, -0.2) is 40.5 Å². The van der Waals surface area contributed by atoms with Gasteiger partial charge < -0.3 is 9.91 Å². The van der Waals surface area contributed by atoms with Crippen LogP contribution in [0.15, 0.2) is 12.4 Å². The van der Waals surface area contributed by atoms with Crippen molar-refractivity contribution in [1.82, 2.24) is 9.91 Å². The maximum atomic E-state index is 5.65. The molecule has 1 fully saturated rings. The fourth-order valence-corrected chi connectivity index (χ4v) is 2.57. The van der Waals surface area contributed by atoms with Crippen molar-refractivity contribution in [3.05, 3.63) is 12.4 Å². The largest absolute Gasteiger partial charge is 0.370 e. The number of fused-ring (bicyclic) bond motifs is 1. The quantitative estimate of drug-likeness (QED) is 0.523. The van der Waals surface area contributed by atoms with Gasteiger partial charge in [-0.15, -0.1) is 0 Å². The van der Waals surface area contributed by atoms with E-state index in [1.54, 1.807) is 5.01 Å². The lowest BCUT2D eigenvalue weighted by atomic mass is 10.2. The summed E-state index contributed by atoms with van der Waals surface area (Å²) in [5.41, 5.74) is 0. The van der Waals surface area contributed by atoms with E-state index >= 15 is 0 Å². The van der Waals surface area contributed by atoms with Gasteiger partial charge in [0, 0.05) is 30.5 Å². The zero-order valence-corrected chi connectivity index (χ0v) is 7.26. The van der Waals surface area contributed by atoms with Crippen LogP contribution in [0.3, 0.4) is 0 Å². The molecule has 0 aliphatic carbocycles. The number of hydrogen-bond acceptors (Lipinski definition) is 4. The van der Waals surface area contributed by atoms with Crippen LogP contribution in [-0.2, 0) is 0 Å². The average Bonchev–Trinajstić information content (AvgIpc) is 2.04. The summed E-state index contributed by atoms with van der Waals surface area (Å²) < 4.78 is 0. The zero-order valence-electron chi connectivity index (χ0n) is 6.44. The van der Waals surface area contributed by atoms with Gasteiger partial charge in [-0.25, -0.2) is 5.84 Å². The molecular formula is C7H13N3S. The van der Waals surface area contributed by atoms with E-state index in [2.05, 4.69) is 11.1 Å². The Morgan fingerprint density at radius 3 is 3.27 bits per heavy atom. The van der Waals surface area contributed by atoms with Gasteiger partial charge in [-0.2, -0.15) is 11.8 Å². The summed E-state index contributed by atoms with van der Waals surface area (Å²) in [5, 5.41) is 1.77. The Morgan fingerprint density at radius 1 is 1.45 bits per heavy atom. The molecule has 0 spiro atoms. The molecule has 0 aromatic heterocycles. The van der Waals surface area contributed by atoms with E-state index in [-0.39, 0.29) is 0 Å². The molecule has 2 aliphatic rings.